The third kappa shape index (κ3) is 4.50. The van der Waals surface area contributed by atoms with Gasteiger partial charge in [0.1, 0.15) is 6.61 Å². The van der Waals surface area contributed by atoms with E-state index in [1.165, 1.54) is 4.90 Å². The number of nitrogens with zero attached hydrogens (tertiary/aromatic N) is 1. The summed E-state index contributed by atoms with van der Waals surface area (Å²) in [6.45, 7) is 3.47. The second-order valence-electron chi connectivity index (χ2n) is 4.54. The highest BCUT2D eigenvalue weighted by Gasteiger charge is 2.40. The van der Waals surface area contributed by atoms with E-state index in [0.29, 0.717) is 6.42 Å². The maximum atomic E-state index is 12.0. The lowest BCUT2D eigenvalue weighted by molar-refractivity contribution is -0.141. The van der Waals surface area contributed by atoms with Crippen LogP contribution in [-0.4, -0.2) is 55.0 Å². The van der Waals surface area contributed by atoms with Crippen molar-refractivity contribution in [3.8, 4) is 0 Å². The fraction of sp³-hybridized carbons (Fsp3) is 0.833. The highest BCUT2D eigenvalue weighted by Crippen LogP contribution is 2.17. The Bertz CT molecular complexity index is 326. The lowest BCUT2D eigenvalue weighted by Crippen LogP contribution is -2.43. The quantitative estimate of drug-likeness (QED) is 0.526. The summed E-state index contributed by atoms with van der Waals surface area (Å²) in [4.78, 5) is 25.0. The summed E-state index contributed by atoms with van der Waals surface area (Å²) >= 11 is 0. The lowest BCUT2D eigenvalue weighted by Gasteiger charge is -2.21. The number of hydrogen-bond acceptors (Lipinski definition) is 4. The normalized spacial score (nSPS) is 21.5. The van der Waals surface area contributed by atoms with Crippen molar-refractivity contribution in [2.75, 3.05) is 19.8 Å². The van der Waals surface area contributed by atoms with Crippen molar-refractivity contribution in [1.29, 1.82) is 0 Å². The third-order valence-electron chi connectivity index (χ3n) is 3.10. The van der Waals surface area contributed by atoms with E-state index in [9.17, 15) is 18.4 Å². The number of nitrogens with one attached hydrogen (secondary N) is 1. The Balaban J connectivity index is 2.32. The van der Waals surface area contributed by atoms with Crippen LogP contribution in [0.15, 0.2) is 0 Å². The number of hydrogen-bond donors (Lipinski definition) is 1. The Morgan fingerprint density at radius 1 is 1.47 bits per heavy atom. The molecule has 0 bridgehead atoms. The Morgan fingerprint density at radius 3 is 2.74 bits per heavy atom. The summed E-state index contributed by atoms with van der Waals surface area (Å²) in [6.07, 6.45) is -1.66. The Morgan fingerprint density at radius 2 is 2.16 bits per heavy atom. The first-order valence-corrected chi connectivity index (χ1v) is 6.42. The predicted octanol–water partition coefficient (Wildman–Crippen LogP) is 0.784. The van der Waals surface area contributed by atoms with E-state index in [-0.39, 0.29) is 37.4 Å². The van der Waals surface area contributed by atoms with Gasteiger partial charge in [0.25, 0.3) is 6.43 Å². The van der Waals surface area contributed by atoms with Gasteiger partial charge in [0, 0.05) is 12.6 Å². The molecular weight excluding hydrogens is 258 g/mol. The molecule has 0 radical (unpaired) electrons. The molecule has 0 spiro atoms. The van der Waals surface area contributed by atoms with Crippen LogP contribution in [0.5, 0.6) is 0 Å². The highest BCUT2D eigenvalue weighted by molar-refractivity contribution is 6.05. The molecule has 2 atom stereocenters. The first-order chi connectivity index (χ1) is 8.97. The van der Waals surface area contributed by atoms with Gasteiger partial charge in [0.2, 0.25) is 11.8 Å². The molecule has 1 N–H and O–H groups in total. The van der Waals surface area contributed by atoms with Gasteiger partial charge in [0.05, 0.1) is 19.1 Å². The van der Waals surface area contributed by atoms with Crippen LogP contribution < -0.4 is 5.32 Å². The van der Waals surface area contributed by atoms with Gasteiger partial charge < -0.3 is 10.1 Å². The minimum atomic E-state index is -2.49. The zero-order valence-electron chi connectivity index (χ0n) is 11.2. The van der Waals surface area contributed by atoms with Crippen molar-refractivity contribution in [3.63, 3.8) is 0 Å². The molecular formula is C12H20F2N2O3. The maximum absolute atomic E-state index is 12.0. The van der Waals surface area contributed by atoms with Crippen LogP contribution in [-0.2, 0) is 14.3 Å². The topological polar surface area (TPSA) is 58.6 Å². The summed E-state index contributed by atoms with van der Waals surface area (Å²) < 4.78 is 28.3. The summed E-state index contributed by atoms with van der Waals surface area (Å²) in [5, 5.41) is 2.86. The second-order valence-corrected chi connectivity index (χ2v) is 4.54. The number of imide groups is 1. The van der Waals surface area contributed by atoms with E-state index in [2.05, 4.69) is 5.32 Å². The smallest absolute Gasteiger partial charge is 0.261 e. The molecule has 1 saturated heterocycles. The summed E-state index contributed by atoms with van der Waals surface area (Å²) in [7, 11) is 0. The molecule has 1 aliphatic rings. The van der Waals surface area contributed by atoms with Crippen LogP contribution in [0, 0.1) is 0 Å². The molecule has 0 aliphatic carbocycles. The zero-order chi connectivity index (χ0) is 14.4. The van der Waals surface area contributed by atoms with Gasteiger partial charge in [-0.25, -0.2) is 8.78 Å². The van der Waals surface area contributed by atoms with Gasteiger partial charge in [0.15, 0.2) is 0 Å². The van der Waals surface area contributed by atoms with Gasteiger partial charge in [-0.3, -0.25) is 14.5 Å². The zero-order valence-corrected chi connectivity index (χ0v) is 11.2. The highest BCUT2D eigenvalue weighted by atomic mass is 19.3. The average Bonchev–Trinajstić information content (AvgIpc) is 2.63. The molecule has 2 unspecified atom stereocenters. The van der Waals surface area contributed by atoms with Crippen LogP contribution in [0.1, 0.15) is 26.7 Å². The molecule has 1 rings (SSSR count). The number of alkyl halides is 2. The molecule has 19 heavy (non-hydrogen) atoms. The van der Waals surface area contributed by atoms with Crippen molar-refractivity contribution in [1.82, 2.24) is 10.2 Å². The number of carbonyl (C=O) groups is 2. The fourth-order valence-corrected chi connectivity index (χ4v) is 1.93. The van der Waals surface area contributed by atoms with Gasteiger partial charge in [-0.15, -0.1) is 0 Å². The van der Waals surface area contributed by atoms with Crippen molar-refractivity contribution in [2.24, 2.45) is 0 Å². The Labute approximate surface area is 111 Å². The fourth-order valence-electron chi connectivity index (χ4n) is 1.93. The van der Waals surface area contributed by atoms with Crippen LogP contribution in [0.3, 0.4) is 0 Å². The van der Waals surface area contributed by atoms with E-state index in [1.807, 2.05) is 13.8 Å². The molecule has 2 amide bonds. The molecule has 1 fully saturated rings. The maximum Gasteiger partial charge on any atom is 0.261 e. The number of ether oxygens (including phenoxy) is 1. The van der Waals surface area contributed by atoms with Crippen molar-refractivity contribution in [2.45, 2.75) is 45.2 Å². The van der Waals surface area contributed by atoms with E-state index in [0.717, 1.165) is 0 Å². The van der Waals surface area contributed by atoms with Crippen molar-refractivity contribution < 1.29 is 23.1 Å². The van der Waals surface area contributed by atoms with Crippen LogP contribution in [0.4, 0.5) is 8.78 Å². The predicted molar refractivity (Wildman–Crippen MR) is 64.8 cm³/mol. The molecule has 0 saturated carbocycles. The van der Waals surface area contributed by atoms with E-state index >= 15 is 0 Å². The van der Waals surface area contributed by atoms with E-state index in [1.54, 1.807) is 0 Å². The minimum absolute atomic E-state index is 0.0889. The molecule has 0 aromatic rings. The summed E-state index contributed by atoms with van der Waals surface area (Å²) in [6, 6.07) is -0.668. The number of halogens is 2. The first-order valence-electron chi connectivity index (χ1n) is 6.42. The molecule has 7 heteroatoms. The lowest BCUT2D eigenvalue weighted by atomic mass is 10.2. The van der Waals surface area contributed by atoms with Crippen LogP contribution >= 0.6 is 0 Å². The second kappa shape index (κ2) is 7.49. The molecule has 0 aromatic carbocycles. The summed E-state index contributed by atoms with van der Waals surface area (Å²) in [5.74, 6) is -0.432. The van der Waals surface area contributed by atoms with Crippen LogP contribution in [0.2, 0.25) is 0 Å². The Kier molecular flexibility index (Phi) is 6.30. The SMILES string of the molecule is CCC(C)N1C(=O)CC(NCCOCC(F)F)C1=O. The number of likely N-dealkylation sites (tertiary alicyclic amines) is 1. The summed E-state index contributed by atoms with van der Waals surface area (Å²) in [5.41, 5.74) is 0. The van der Waals surface area contributed by atoms with Crippen molar-refractivity contribution >= 4 is 11.8 Å². The molecule has 5 nitrogen and oxygen atoms in total. The van der Waals surface area contributed by atoms with Crippen molar-refractivity contribution in [3.05, 3.63) is 0 Å². The Hall–Kier alpha value is -1.08. The number of carbonyl (C=O) groups excluding carboxylic acids is 2. The number of amides is 2. The van der Waals surface area contributed by atoms with Gasteiger partial charge in [-0.05, 0) is 13.3 Å². The van der Waals surface area contributed by atoms with Gasteiger partial charge in [-0.2, -0.15) is 0 Å². The number of rotatable bonds is 8. The molecule has 1 aliphatic heterocycles. The minimum Gasteiger partial charge on any atom is -0.374 e. The van der Waals surface area contributed by atoms with E-state index < -0.39 is 19.1 Å². The monoisotopic (exact) mass is 278 g/mol. The van der Waals surface area contributed by atoms with Crippen LogP contribution in [0.25, 0.3) is 0 Å². The third-order valence-corrected chi connectivity index (χ3v) is 3.10. The standard InChI is InChI=1S/C12H20F2N2O3/c1-3-8(2)16-11(17)6-9(12(16)18)15-4-5-19-7-10(13)14/h8-10,15H,3-7H2,1-2H3. The van der Waals surface area contributed by atoms with Gasteiger partial charge >= 0.3 is 0 Å². The first kappa shape index (κ1) is 16.0. The molecule has 1 heterocycles. The largest absolute Gasteiger partial charge is 0.374 e. The van der Waals surface area contributed by atoms with E-state index in [4.69, 9.17) is 4.74 Å². The molecule has 110 valence electrons. The van der Waals surface area contributed by atoms with Gasteiger partial charge in [-0.1, -0.05) is 6.92 Å². The molecule has 0 aromatic heterocycles. The average molecular weight is 278 g/mol.